The minimum absolute atomic E-state index is 0.0125. The van der Waals surface area contributed by atoms with Gasteiger partial charge in [0.2, 0.25) is 0 Å². The van der Waals surface area contributed by atoms with Crippen LogP contribution in [-0.2, 0) is 4.79 Å². The van der Waals surface area contributed by atoms with Crippen LogP contribution in [0, 0.1) is 11.8 Å². The first-order valence-corrected chi connectivity index (χ1v) is 6.20. The molecule has 0 aliphatic heterocycles. The summed E-state index contributed by atoms with van der Waals surface area (Å²) in [6.07, 6.45) is 2.89. The van der Waals surface area contributed by atoms with Crippen molar-refractivity contribution in [3.63, 3.8) is 0 Å². The zero-order chi connectivity index (χ0) is 12.6. The average Bonchev–Trinajstić information content (AvgIpc) is 2.29. The molecular weight excluding hydrogens is 204 g/mol. The lowest BCUT2D eigenvalue weighted by Gasteiger charge is -2.29. The normalized spacial score (nSPS) is 18.8. The molecule has 0 saturated heterocycles. The highest BCUT2D eigenvalue weighted by Gasteiger charge is 2.26. The van der Waals surface area contributed by atoms with Crippen LogP contribution in [0.1, 0.15) is 40.0 Å². The molecule has 0 aromatic carbocycles. The van der Waals surface area contributed by atoms with Crippen LogP contribution in [0.3, 0.4) is 0 Å². The van der Waals surface area contributed by atoms with Crippen LogP contribution in [-0.4, -0.2) is 30.2 Å². The molecule has 4 N–H and O–H groups in total. The molecule has 16 heavy (non-hydrogen) atoms. The third-order valence-electron chi connectivity index (χ3n) is 3.03. The van der Waals surface area contributed by atoms with Gasteiger partial charge in [0.25, 0.3) is 0 Å². The second kappa shape index (κ2) is 8.67. The Bertz CT molecular complexity index is 188. The molecule has 0 aromatic rings. The molecule has 0 spiro atoms. The zero-order valence-electron chi connectivity index (χ0n) is 10.6. The van der Waals surface area contributed by atoms with Crippen molar-refractivity contribution >= 4 is 6.29 Å². The number of nitrogens with two attached hydrogens (primary N) is 1. The van der Waals surface area contributed by atoms with E-state index in [4.69, 9.17) is 5.73 Å². The van der Waals surface area contributed by atoms with E-state index < -0.39 is 6.23 Å². The van der Waals surface area contributed by atoms with Crippen molar-refractivity contribution < 1.29 is 9.90 Å². The first-order chi connectivity index (χ1) is 7.60. The predicted molar refractivity (Wildman–Crippen MR) is 65.9 cm³/mol. The van der Waals surface area contributed by atoms with E-state index in [1.165, 1.54) is 0 Å². The largest absolute Gasteiger partial charge is 0.378 e. The van der Waals surface area contributed by atoms with Crippen molar-refractivity contribution in [2.24, 2.45) is 17.6 Å². The average molecular weight is 230 g/mol. The van der Waals surface area contributed by atoms with E-state index in [2.05, 4.69) is 12.2 Å². The quantitative estimate of drug-likeness (QED) is 0.406. The zero-order valence-corrected chi connectivity index (χ0v) is 10.6. The lowest BCUT2D eigenvalue weighted by Crippen LogP contribution is -2.46. The van der Waals surface area contributed by atoms with Gasteiger partial charge in [0, 0.05) is 24.4 Å². The van der Waals surface area contributed by atoms with Gasteiger partial charge in [-0.15, -0.1) is 0 Å². The molecule has 4 nitrogen and oxygen atoms in total. The van der Waals surface area contributed by atoms with Gasteiger partial charge >= 0.3 is 0 Å². The Balaban J connectivity index is 4.43. The van der Waals surface area contributed by atoms with Crippen molar-refractivity contribution in [3.8, 4) is 0 Å². The molecule has 0 amide bonds. The number of nitrogens with one attached hydrogen (secondary N) is 1. The molecule has 0 aliphatic rings. The predicted octanol–water partition coefficient (Wildman–Crippen LogP) is 0.883. The molecule has 0 saturated carbocycles. The number of carbonyl (C=O) groups excluding carboxylic acids is 1. The SMILES string of the molecule is CCCC(C(C=O)CC)C(O)NC(C)CN. The van der Waals surface area contributed by atoms with E-state index in [9.17, 15) is 9.90 Å². The summed E-state index contributed by atoms with van der Waals surface area (Å²) in [5, 5.41) is 13.1. The van der Waals surface area contributed by atoms with Gasteiger partial charge in [-0.3, -0.25) is 5.32 Å². The van der Waals surface area contributed by atoms with Gasteiger partial charge in [0.15, 0.2) is 0 Å². The summed E-state index contributed by atoms with van der Waals surface area (Å²) in [4.78, 5) is 10.9. The summed E-state index contributed by atoms with van der Waals surface area (Å²) in [5.41, 5.74) is 5.49. The first kappa shape index (κ1) is 15.6. The van der Waals surface area contributed by atoms with Crippen LogP contribution >= 0.6 is 0 Å². The van der Waals surface area contributed by atoms with Crippen LogP contribution in [0.5, 0.6) is 0 Å². The Morgan fingerprint density at radius 3 is 2.44 bits per heavy atom. The van der Waals surface area contributed by atoms with Gasteiger partial charge in [-0.2, -0.15) is 0 Å². The summed E-state index contributed by atoms with van der Waals surface area (Å²) in [6, 6.07) is 0.0681. The van der Waals surface area contributed by atoms with Crippen LogP contribution < -0.4 is 11.1 Å². The highest BCUT2D eigenvalue weighted by Crippen LogP contribution is 2.22. The molecule has 0 radical (unpaired) electrons. The summed E-state index contributed by atoms with van der Waals surface area (Å²) < 4.78 is 0. The van der Waals surface area contributed by atoms with Crippen LogP contribution in [0.15, 0.2) is 0 Å². The van der Waals surface area contributed by atoms with Crippen molar-refractivity contribution in [2.75, 3.05) is 6.54 Å². The minimum atomic E-state index is -0.645. The second-order valence-corrected chi connectivity index (χ2v) is 4.41. The molecule has 0 aromatic heterocycles. The summed E-state index contributed by atoms with van der Waals surface area (Å²) >= 11 is 0. The van der Waals surface area contributed by atoms with Crippen LogP contribution in [0.4, 0.5) is 0 Å². The van der Waals surface area contributed by atoms with E-state index >= 15 is 0 Å². The third kappa shape index (κ3) is 5.05. The Morgan fingerprint density at radius 2 is 2.06 bits per heavy atom. The topological polar surface area (TPSA) is 75.3 Å². The Kier molecular flexibility index (Phi) is 8.43. The maximum atomic E-state index is 10.9. The van der Waals surface area contributed by atoms with Gasteiger partial charge in [-0.25, -0.2) is 0 Å². The number of hydrogen-bond acceptors (Lipinski definition) is 4. The Morgan fingerprint density at radius 1 is 1.44 bits per heavy atom. The van der Waals surface area contributed by atoms with E-state index in [-0.39, 0.29) is 17.9 Å². The molecule has 4 atom stereocenters. The highest BCUT2D eigenvalue weighted by molar-refractivity contribution is 5.54. The number of aldehydes is 1. The summed E-state index contributed by atoms with van der Waals surface area (Å²) in [6.45, 7) is 6.44. The minimum Gasteiger partial charge on any atom is -0.378 e. The summed E-state index contributed by atoms with van der Waals surface area (Å²) in [7, 11) is 0. The smallest absolute Gasteiger partial charge is 0.123 e. The molecule has 0 fully saturated rings. The molecule has 0 aliphatic carbocycles. The highest BCUT2D eigenvalue weighted by atomic mass is 16.3. The van der Waals surface area contributed by atoms with Gasteiger partial charge in [-0.05, 0) is 19.8 Å². The van der Waals surface area contributed by atoms with Gasteiger partial charge in [0.1, 0.15) is 12.5 Å². The Labute approximate surface area is 98.6 Å². The fourth-order valence-corrected chi connectivity index (χ4v) is 1.92. The second-order valence-electron chi connectivity index (χ2n) is 4.41. The first-order valence-electron chi connectivity index (χ1n) is 6.20. The standard InChI is InChI=1S/C12H26N2O2/c1-4-6-11(10(5-2)8-15)12(16)14-9(3)7-13/h8-12,14,16H,4-7,13H2,1-3H3. The molecule has 0 rings (SSSR count). The van der Waals surface area contributed by atoms with Crippen molar-refractivity contribution in [1.82, 2.24) is 5.32 Å². The van der Waals surface area contributed by atoms with E-state index in [1.54, 1.807) is 0 Å². The fraction of sp³-hybridized carbons (Fsp3) is 0.917. The number of aliphatic hydroxyl groups is 1. The monoisotopic (exact) mass is 230 g/mol. The van der Waals surface area contributed by atoms with E-state index in [0.29, 0.717) is 6.54 Å². The Hall–Kier alpha value is -0.450. The molecule has 4 unspecified atom stereocenters. The van der Waals surface area contributed by atoms with Crippen molar-refractivity contribution in [1.29, 1.82) is 0 Å². The molecule has 4 heteroatoms. The maximum Gasteiger partial charge on any atom is 0.123 e. The number of hydrogen-bond donors (Lipinski definition) is 3. The fourth-order valence-electron chi connectivity index (χ4n) is 1.92. The van der Waals surface area contributed by atoms with Gasteiger partial charge < -0.3 is 15.6 Å². The molecular formula is C12H26N2O2. The molecule has 0 heterocycles. The molecule has 96 valence electrons. The van der Waals surface area contributed by atoms with Gasteiger partial charge in [0.05, 0.1) is 0 Å². The van der Waals surface area contributed by atoms with Gasteiger partial charge in [-0.1, -0.05) is 20.3 Å². The van der Waals surface area contributed by atoms with Crippen molar-refractivity contribution in [3.05, 3.63) is 0 Å². The number of aliphatic hydroxyl groups excluding tert-OH is 1. The third-order valence-corrected chi connectivity index (χ3v) is 3.03. The summed E-state index contributed by atoms with van der Waals surface area (Å²) in [5.74, 6) is -0.0890. The van der Waals surface area contributed by atoms with E-state index in [0.717, 1.165) is 25.5 Å². The van der Waals surface area contributed by atoms with Crippen molar-refractivity contribution in [2.45, 2.75) is 52.3 Å². The molecule has 0 bridgehead atoms. The number of carbonyl (C=O) groups is 1. The number of rotatable bonds is 9. The van der Waals surface area contributed by atoms with Crippen LogP contribution in [0.25, 0.3) is 0 Å². The van der Waals surface area contributed by atoms with Crippen LogP contribution in [0.2, 0.25) is 0 Å². The maximum absolute atomic E-state index is 10.9. The lowest BCUT2D eigenvalue weighted by atomic mass is 9.86. The van der Waals surface area contributed by atoms with E-state index in [1.807, 2.05) is 13.8 Å². The lowest BCUT2D eigenvalue weighted by molar-refractivity contribution is -0.115.